The lowest BCUT2D eigenvalue weighted by Gasteiger charge is -2.23. The van der Waals surface area contributed by atoms with Crippen molar-refractivity contribution in [2.24, 2.45) is 0 Å². The molecule has 2 rings (SSSR count). The molecule has 1 unspecified atom stereocenters. The minimum absolute atomic E-state index is 0.499. The van der Waals surface area contributed by atoms with Crippen LogP contribution in [0.4, 0.5) is 0 Å². The van der Waals surface area contributed by atoms with E-state index < -0.39 is 0 Å². The number of ether oxygens (including phenoxy) is 1. The summed E-state index contributed by atoms with van der Waals surface area (Å²) in [6.07, 6.45) is 1.08. The number of halogens is 1. The average molecular weight is 262 g/mol. The fraction of sp³-hybridized carbons (Fsp3) is 0.556. The third kappa shape index (κ3) is 2.77. The van der Waals surface area contributed by atoms with Gasteiger partial charge in [0, 0.05) is 27.3 Å². The summed E-state index contributed by atoms with van der Waals surface area (Å²) >= 11 is 5.26. The van der Waals surface area contributed by atoms with Crippen LogP contribution in [0.25, 0.3) is 0 Å². The second kappa shape index (κ2) is 4.55. The van der Waals surface area contributed by atoms with Gasteiger partial charge in [-0.05, 0) is 28.4 Å². The molecule has 1 saturated heterocycles. The minimum atomic E-state index is 0.499. The molecule has 4 heteroatoms. The number of rotatable bonds is 2. The van der Waals surface area contributed by atoms with Gasteiger partial charge in [-0.2, -0.15) is 0 Å². The van der Waals surface area contributed by atoms with Gasteiger partial charge in [-0.25, -0.2) is 0 Å². The summed E-state index contributed by atoms with van der Waals surface area (Å²) < 4.78 is 6.58. The SMILES string of the molecule is Brc1csc(CC2COCCN2)c1. The van der Waals surface area contributed by atoms with Gasteiger partial charge >= 0.3 is 0 Å². The number of thiophene rings is 1. The first-order chi connectivity index (χ1) is 6.34. The van der Waals surface area contributed by atoms with E-state index in [1.807, 2.05) is 0 Å². The fourth-order valence-corrected chi connectivity index (χ4v) is 2.99. The molecule has 0 bridgehead atoms. The zero-order valence-electron chi connectivity index (χ0n) is 7.25. The highest BCUT2D eigenvalue weighted by Gasteiger charge is 2.13. The Hall–Kier alpha value is 0.1000. The Morgan fingerprint density at radius 1 is 1.69 bits per heavy atom. The van der Waals surface area contributed by atoms with Crippen LogP contribution < -0.4 is 5.32 Å². The first-order valence-corrected chi connectivity index (χ1v) is 6.06. The Labute approximate surface area is 90.4 Å². The molecule has 0 aliphatic carbocycles. The van der Waals surface area contributed by atoms with Crippen LogP contribution in [0.1, 0.15) is 4.88 Å². The Balaban J connectivity index is 1.89. The van der Waals surface area contributed by atoms with Gasteiger partial charge in [-0.1, -0.05) is 0 Å². The first-order valence-electron chi connectivity index (χ1n) is 4.38. The molecule has 1 aromatic heterocycles. The van der Waals surface area contributed by atoms with Gasteiger partial charge in [0.1, 0.15) is 0 Å². The quantitative estimate of drug-likeness (QED) is 0.880. The topological polar surface area (TPSA) is 21.3 Å². The summed E-state index contributed by atoms with van der Waals surface area (Å²) in [6, 6.07) is 2.68. The Kier molecular flexibility index (Phi) is 3.38. The van der Waals surface area contributed by atoms with Gasteiger partial charge in [0.05, 0.1) is 13.2 Å². The van der Waals surface area contributed by atoms with Crippen molar-refractivity contribution in [1.29, 1.82) is 0 Å². The molecule has 2 nitrogen and oxygen atoms in total. The van der Waals surface area contributed by atoms with E-state index >= 15 is 0 Å². The molecule has 1 aliphatic heterocycles. The molecule has 1 aromatic rings. The van der Waals surface area contributed by atoms with E-state index in [0.29, 0.717) is 6.04 Å². The Morgan fingerprint density at radius 3 is 3.23 bits per heavy atom. The van der Waals surface area contributed by atoms with E-state index in [0.717, 1.165) is 26.2 Å². The van der Waals surface area contributed by atoms with Gasteiger partial charge < -0.3 is 10.1 Å². The van der Waals surface area contributed by atoms with Crippen LogP contribution in [0, 0.1) is 0 Å². The third-order valence-corrected chi connectivity index (χ3v) is 3.79. The predicted molar refractivity (Wildman–Crippen MR) is 58.3 cm³/mol. The van der Waals surface area contributed by atoms with Gasteiger partial charge in [-0.15, -0.1) is 11.3 Å². The molecular weight excluding hydrogens is 250 g/mol. The van der Waals surface area contributed by atoms with Crippen LogP contribution >= 0.6 is 27.3 Å². The summed E-state index contributed by atoms with van der Waals surface area (Å²) in [6.45, 7) is 2.68. The van der Waals surface area contributed by atoms with Crippen molar-refractivity contribution >= 4 is 27.3 Å². The molecule has 0 spiro atoms. The van der Waals surface area contributed by atoms with Crippen molar-refractivity contribution in [2.45, 2.75) is 12.5 Å². The summed E-state index contributed by atoms with van der Waals surface area (Å²) in [5, 5.41) is 5.57. The first kappa shape index (κ1) is 9.65. The molecule has 0 amide bonds. The van der Waals surface area contributed by atoms with E-state index in [2.05, 4.69) is 32.7 Å². The van der Waals surface area contributed by atoms with Gasteiger partial charge in [0.25, 0.3) is 0 Å². The van der Waals surface area contributed by atoms with Gasteiger partial charge in [-0.3, -0.25) is 0 Å². The van der Waals surface area contributed by atoms with Crippen molar-refractivity contribution in [2.75, 3.05) is 19.8 Å². The molecule has 2 heterocycles. The normalized spacial score (nSPS) is 23.3. The maximum atomic E-state index is 5.39. The number of nitrogens with one attached hydrogen (secondary N) is 1. The van der Waals surface area contributed by atoms with Crippen LogP contribution in [-0.4, -0.2) is 25.8 Å². The highest BCUT2D eigenvalue weighted by atomic mass is 79.9. The van der Waals surface area contributed by atoms with Crippen LogP contribution in [-0.2, 0) is 11.2 Å². The standard InChI is InChI=1S/C9H12BrNOS/c10-7-3-9(13-6-7)4-8-5-12-2-1-11-8/h3,6,8,11H,1-2,4-5H2. The number of hydrogen-bond donors (Lipinski definition) is 1. The van der Waals surface area contributed by atoms with Crippen molar-refractivity contribution in [3.8, 4) is 0 Å². The van der Waals surface area contributed by atoms with E-state index in [1.165, 1.54) is 9.35 Å². The minimum Gasteiger partial charge on any atom is -0.379 e. The third-order valence-electron chi connectivity index (χ3n) is 2.07. The molecule has 1 N–H and O–H groups in total. The summed E-state index contributed by atoms with van der Waals surface area (Å²) in [5.41, 5.74) is 0. The van der Waals surface area contributed by atoms with E-state index in [4.69, 9.17) is 4.74 Å². The van der Waals surface area contributed by atoms with Crippen LogP contribution in [0.15, 0.2) is 15.9 Å². The molecule has 1 atom stereocenters. The predicted octanol–water partition coefficient (Wildman–Crippen LogP) is 2.04. The largest absolute Gasteiger partial charge is 0.379 e. The van der Waals surface area contributed by atoms with Gasteiger partial charge in [0.15, 0.2) is 0 Å². The molecule has 13 heavy (non-hydrogen) atoms. The lowest BCUT2D eigenvalue weighted by atomic mass is 10.2. The maximum absolute atomic E-state index is 5.39. The monoisotopic (exact) mass is 261 g/mol. The molecule has 72 valence electrons. The fourth-order valence-electron chi connectivity index (χ4n) is 1.45. The van der Waals surface area contributed by atoms with Crippen molar-refractivity contribution in [3.05, 3.63) is 20.8 Å². The lowest BCUT2D eigenvalue weighted by molar-refractivity contribution is 0.0772. The van der Waals surface area contributed by atoms with Crippen molar-refractivity contribution in [3.63, 3.8) is 0 Å². The van der Waals surface area contributed by atoms with Crippen LogP contribution in [0.3, 0.4) is 0 Å². The molecular formula is C9H12BrNOS. The molecule has 0 aromatic carbocycles. The Bertz CT molecular complexity index is 270. The second-order valence-corrected chi connectivity index (χ2v) is 5.07. The van der Waals surface area contributed by atoms with Crippen LogP contribution in [0.5, 0.6) is 0 Å². The zero-order valence-corrected chi connectivity index (χ0v) is 9.66. The average Bonchev–Trinajstić information content (AvgIpc) is 2.53. The summed E-state index contributed by atoms with van der Waals surface area (Å²) in [7, 11) is 0. The highest BCUT2D eigenvalue weighted by molar-refractivity contribution is 9.10. The van der Waals surface area contributed by atoms with Gasteiger partial charge in [0.2, 0.25) is 0 Å². The second-order valence-electron chi connectivity index (χ2n) is 3.16. The summed E-state index contributed by atoms with van der Waals surface area (Å²) in [5.74, 6) is 0. The summed E-state index contributed by atoms with van der Waals surface area (Å²) in [4.78, 5) is 1.41. The molecule has 0 saturated carbocycles. The highest BCUT2D eigenvalue weighted by Crippen LogP contribution is 2.21. The number of hydrogen-bond acceptors (Lipinski definition) is 3. The van der Waals surface area contributed by atoms with E-state index in [-0.39, 0.29) is 0 Å². The molecule has 1 fully saturated rings. The van der Waals surface area contributed by atoms with E-state index in [1.54, 1.807) is 11.3 Å². The molecule has 1 aliphatic rings. The van der Waals surface area contributed by atoms with Crippen molar-refractivity contribution in [1.82, 2.24) is 5.32 Å². The lowest BCUT2D eigenvalue weighted by Crippen LogP contribution is -2.42. The Morgan fingerprint density at radius 2 is 2.62 bits per heavy atom. The molecule has 0 radical (unpaired) electrons. The van der Waals surface area contributed by atoms with E-state index in [9.17, 15) is 0 Å². The maximum Gasteiger partial charge on any atom is 0.0623 e. The smallest absolute Gasteiger partial charge is 0.0623 e. The van der Waals surface area contributed by atoms with Crippen LogP contribution in [0.2, 0.25) is 0 Å². The van der Waals surface area contributed by atoms with Crippen molar-refractivity contribution < 1.29 is 4.74 Å². The number of morpholine rings is 1. The zero-order chi connectivity index (χ0) is 9.10.